The molecule has 0 bridgehead atoms. The molecule has 0 saturated heterocycles. The van der Waals surface area contributed by atoms with Crippen LogP contribution in [0.1, 0.15) is 36.2 Å². The van der Waals surface area contributed by atoms with E-state index in [2.05, 4.69) is 5.32 Å². The highest BCUT2D eigenvalue weighted by Crippen LogP contribution is 2.11. The smallest absolute Gasteiger partial charge is 0.326 e. The van der Waals surface area contributed by atoms with Crippen LogP contribution in [0.25, 0.3) is 0 Å². The lowest BCUT2D eigenvalue weighted by molar-refractivity contribution is -0.140. The van der Waals surface area contributed by atoms with Crippen LogP contribution in [-0.4, -0.2) is 23.0 Å². The van der Waals surface area contributed by atoms with Crippen molar-refractivity contribution in [2.75, 3.05) is 0 Å². The van der Waals surface area contributed by atoms with Crippen LogP contribution in [0, 0.1) is 17.2 Å². The molecule has 2 atom stereocenters. The molecule has 0 unspecified atom stereocenters. The summed E-state index contributed by atoms with van der Waals surface area (Å²) < 4.78 is 0. The number of carbonyl (C=O) groups is 2. The van der Waals surface area contributed by atoms with Gasteiger partial charge in [0.05, 0.1) is 12.5 Å². The number of amides is 1. The van der Waals surface area contributed by atoms with Gasteiger partial charge in [0.1, 0.15) is 6.04 Å². The number of carboxylic acids is 1. The number of hydrogen-bond acceptors (Lipinski definition) is 3. The summed E-state index contributed by atoms with van der Waals surface area (Å²) in [7, 11) is 0. The van der Waals surface area contributed by atoms with Gasteiger partial charge in [0, 0.05) is 5.56 Å². The maximum atomic E-state index is 12.1. The Morgan fingerprint density at radius 2 is 2.15 bits per heavy atom. The molecular weight excluding hydrogens is 256 g/mol. The molecule has 0 saturated carbocycles. The Morgan fingerprint density at radius 1 is 1.45 bits per heavy atom. The largest absolute Gasteiger partial charge is 0.480 e. The standard InChI is InChI=1S/C15H18N2O3/c1-3-10(2)13(15(19)20)17-14(18)12-6-4-5-11(9-12)7-8-16/h4-6,9-10,13H,3,7H2,1-2H3,(H,17,18)(H,19,20)/t10-,13-/m0/s1. The second kappa shape index (κ2) is 7.29. The van der Waals surface area contributed by atoms with E-state index < -0.39 is 17.9 Å². The molecule has 0 radical (unpaired) electrons. The van der Waals surface area contributed by atoms with E-state index in [9.17, 15) is 9.59 Å². The molecule has 0 fully saturated rings. The van der Waals surface area contributed by atoms with Crippen molar-refractivity contribution in [3.63, 3.8) is 0 Å². The number of nitriles is 1. The Balaban J connectivity index is 2.86. The van der Waals surface area contributed by atoms with Gasteiger partial charge < -0.3 is 10.4 Å². The average molecular weight is 274 g/mol. The SMILES string of the molecule is CC[C@H](C)[C@H](NC(=O)c1cccc(CC#N)c1)C(=O)O. The van der Waals surface area contributed by atoms with E-state index in [1.54, 1.807) is 31.2 Å². The lowest BCUT2D eigenvalue weighted by Gasteiger charge is -2.20. The van der Waals surface area contributed by atoms with Gasteiger partial charge in [-0.2, -0.15) is 5.26 Å². The van der Waals surface area contributed by atoms with Gasteiger partial charge >= 0.3 is 5.97 Å². The van der Waals surface area contributed by atoms with Gasteiger partial charge in [0.2, 0.25) is 0 Å². The first-order valence-corrected chi connectivity index (χ1v) is 6.49. The number of hydrogen-bond donors (Lipinski definition) is 2. The molecular formula is C15H18N2O3. The van der Waals surface area contributed by atoms with Crippen molar-refractivity contribution in [3.05, 3.63) is 35.4 Å². The summed E-state index contributed by atoms with van der Waals surface area (Å²) in [6.45, 7) is 3.66. The fourth-order valence-corrected chi connectivity index (χ4v) is 1.82. The fourth-order valence-electron chi connectivity index (χ4n) is 1.82. The van der Waals surface area contributed by atoms with Crippen molar-refractivity contribution in [1.82, 2.24) is 5.32 Å². The Hall–Kier alpha value is -2.35. The van der Waals surface area contributed by atoms with E-state index in [0.29, 0.717) is 12.0 Å². The van der Waals surface area contributed by atoms with E-state index >= 15 is 0 Å². The second-order valence-corrected chi connectivity index (χ2v) is 4.71. The zero-order chi connectivity index (χ0) is 15.1. The minimum Gasteiger partial charge on any atom is -0.480 e. The van der Waals surface area contributed by atoms with Crippen molar-refractivity contribution in [2.24, 2.45) is 5.92 Å². The second-order valence-electron chi connectivity index (χ2n) is 4.71. The first kappa shape index (κ1) is 15.7. The van der Waals surface area contributed by atoms with Crippen LogP contribution in [0.4, 0.5) is 0 Å². The number of nitrogens with zero attached hydrogens (tertiary/aromatic N) is 1. The van der Waals surface area contributed by atoms with Crippen molar-refractivity contribution in [2.45, 2.75) is 32.7 Å². The molecule has 106 valence electrons. The van der Waals surface area contributed by atoms with Crippen LogP contribution in [-0.2, 0) is 11.2 Å². The molecule has 0 heterocycles. The van der Waals surface area contributed by atoms with Gasteiger partial charge in [-0.3, -0.25) is 4.79 Å². The molecule has 0 aliphatic rings. The number of nitrogens with one attached hydrogen (secondary N) is 1. The average Bonchev–Trinajstić information content (AvgIpc) is 2.44. The maximum absolute atomic E-state index is 12.1. The molecule has 0 spiro atoms. The summed E-state index contributed by atoms with van der Waals surface area (Å²) in [6.07, 6.45) is 0.876. The number of carboxylic acid groups (broad SMARTS) is 1. The van der Waals surface area contributed by atoms with Crippen LogP contribution in [0.15, 0.2) is 24.3 Å². The van der Waals surface area contributed by atoms with Crippen molar-refractivity contribution >= 4 is 11.9 Å². The summed E-state index contributed by atoms with van der Waals surface area (Å²) >= 11 is 0. The van der Waals surface area contributed by atoms with Crippen LogP contribution in [0.3, 0.4) is 0 Å². The van der Waals surface area contributed by atoms with E-state index in [0.717, 1.165) is 5.56 Å². The predicted octanol–water partition coefficient (Wildman–Crippen LogP) is 1.98. The van der Waals surface area contributed by atoms with Gasteiger partial charge in [0.25, 0.3) is 5.91 Å². The van der Waals surface area contributed by atoms with E-state index in [-0.39, 0.29) is 12.3 Å². The topological polar surface area (TPSA) is 90.2 Å². The lowest BCUT2D eigenvalue weighted by Crippen LogP contribution is -2.45. The lowest BCUT2D eigenvalue weighted by atomic mass is 9.98. The third kappa shape index (κ3) is 4.09. The quantitative estimate of drug-likeness (QED) is 0.830. The number of carbonyl (C=O) groups excluding carboxylic acids is 1. The van der Waals surface area contributed by atoms with Gasteiger partial charge in [0.15, 0.2) is 0 Å². The highest BCUT2D eigenvalue weighted by atomic mass is 16.4. The van der Waals surface area contributed by atoms with E-state index in [1.165, 1.54) is 0 Å². The van der Waals surface area contributed by atoms with Crippen LogP contribution >= 0.6 is 0 Å². The van der Waals surface area contributed by atoms with Crippen LogP contribution in [0.2, 0.25) is 0 Å². The van der Waals surface area contributed by atoms with Gasteiger partial charge in [-0.25, -0.2) is 4.79 Å². The van der Waals surface area contributed by atoms with Crippen molar-refractivity contribution < 1.29 is 14.7 Å². The molecule has 2 N–H and O–H groups in total. The normalized spacial score (nSPS) is 13.1. The summed E-state index contributed by atoms with van der Waals surface area (Å²) in [6, 6.07) is 7.74. The van der Waals surface area contributed by atoms with Crippen molar-refractivity contribution in [1.29, 1.82) is 5.26 Å². The fraction of sp³-hybridized carbons (Fsp3) is 0.400. The molecule has 1 aromatic carbocycles. The molecule has 5 heteroatoms. The molecule has 0 aromatic heterocycles. The van der Waals surface area contributed by atoms with Gasteiger partial charge in [-0.15, -0.1) is 0 Å². The van der Waals surface area contributed by atoms with Crippen molar-refractivity contribution in [3.8, 4) is 6.07 Å². The number of rotatable bonds is 6. The zero-order valence-electron chi connectivity index (χ0n) is 11.6. The molecule has 0 aliphatic carbocycles. The number of benzene rings is 1. The van der Waals surface area contributed by atoms with Crippen LogP contribution < -0.4 is 5.32 Å². The molecule has 5 nitrogen and oxygen atoms in total. The molecule has 20 heavy (non-hydrogen) atoms. The molecule has 1 rings (SSSR count). The Kier molecular flexibility index (Phi) is 5.73. The minimum absolute atomic E-state index is 0.154. The Bertz CT molecular complexity index is 534. The highest BCUT2D eigenvalue weighted by molar-refractivity contribution is 5.96. The zero-order valence-corrected chi connectivity index (χ0v) is 11.6. The third-order valence-electron chi connectivity index (χ3n) is 3.24. The minimum atomic E-state index is -1.04. The molecule has 1 amide bonds. The molecule has 1 aromatic rings. The Morgan fingerprint density at radius 3 is 2.70 bits per heavy atom. The first-order chi connectivity index (χ1) is 9.49. The van der Waals surface area contributed by atoms with E-state index in [4.69, 9.17) is 10.4 Å². The van der Waals surface area contributed by atoms with Gasteiger partial charge in [-0.1, -0.05) is 32.4 Å². The number of aliphatic carboxylic acids is 1. The first-order valence-electron chi connectivity index (χ1n) is 6.49. The molecule has 0 aliphatic heterocycles. The monoisotopic (exact) mass is 274 g/mol. The summed E-state index contributed by atoms with van der Waals surface area (Å²) in [4.78, 5) is 23.3. The van der Waals surface area contributed by atoms with Gasteiger partial charge in [-0.05, 0) is 23.6 Å². The summed E-state index contributed by atoms with van der Waals surface area (Å²) in [5.41, 5.74) is 1.10. The third-order valence-corrected chi connectivity index (χ3v) is 3.24. The van der Waals surface area contributed by atoms with Crippen LogP contribution in [0.5, 0.6) is 0 Å². The van der Waals surface area contributed by atoms with E-state index in [1.807, 2.05) is 13.0 Å². The Labute approximate surface area is 118 Å². The summed E-state index contributed by atoms with van der Waals surface area (Å²) in [5.74, 6) is -1.63. The predicted molar refractivity (Wildman–Crippen MR) is 74.1 cm³/mol. The highest BCUT2D eigenvalue weighted by Gasteiger charge is 2.25. The summed E-state index contributed by atoms with van der Waals surface area (Å²) in [5, 5.41) is 20.3. The maximum Gasteiger partial charge on any atom is 0.326 e.